The lowest BCUT2D eigenvalue weighted by atomic mass is 10.0. The molecule has 0 aliphatic carbocycles. The molecule has 0 saturated carbocycles. The second kappa shape index (κ2) is 8.59. The van der Waals surface area contributed by atoms with E-state index < -0.39 is 5.97 Å². The second-order valence-corrected chi connectivity index (χ2v) is 4.52. The molecule has 1 aromatic rings. The Hall–Kier alpha value is -1.55. The Bertz CT molecular complexity index is 470. The monoisotopic (exact) mass is 297 g/mol. The number of esters is 1. The van der Waals surface area contributed by atoms with Crippen molar-refractivity contribution < 1.29 is 14.4 Å². The molecule has 0 aliphatic rings. The first-order valence-electron chi connectivity index (χ1n) is 6.64. The molecule has 0 heterocycles. The van der Waals surface area contributed by atoms with E-state index in [-0.39, 0.29) is 17.7 Å². The summed E-state index contributed by atoms with van der Waals surface area (Å²) in [7, 11) is 1.40. The van der Waals surface area contributed by atoms with E-state index in [0.717, 1.165) is 18.4 Å². The largest absolute Gasteiger partial charge is 0.458 e. The Morgan fingerprint density at radius 2 is 1.95 bits per heavy atom. The minimum Gasteiger partial charge on any atom is -0.458 e. The normalized spacial score (nSPS) is 11.6. The van der Waals surface area contributed by atoms with Gasteiger partial charge in [0.05, 0.1) is 0 Å². The predicted octanol–water partition coefficient (Wildman–Crippen LogP) is 3.51. The molecule has 0 saturated heterocycles. The first-order valence-corrected chi connectivity index (χ1v) is 7.17. The Balaban J connectivity index is 3.06. The molecule has 4 nitrogen and oxygen atoms in total. The molecular formula is C15H20ClNO3. The van der Waals surface area contributed by atoms with Crippen LogP contribution >= 0.6 is 11.6 Å². The number of oxime groups is 1. The van der Waals surface area contributed by atoms with Gasteiger partial charge in [-0.05, 0) is 18.4 Å². The highest BCUT2D eigenvalue weighted by Crippen LogP contribution is 2.15. The topological polar surface area (TPSA) is 47.9 Å². The average molecular weight is 298 g/mol. The number of alkyl halides is 1. The van der Waals surface area contributed by atoms with Crippen molar-refractivity contribution in [3.8, 4) is 0 Å². The molecule has 0 unspecified atom stereocenters. The number of ether oxygens (including phenoxy) is 1. The summed E-state index contributed by atoms with van der Waals surface area (Å²) < 4.78 is 5.42. The van der Waals surface area contributed by atoms with Crippen LogP contribution in [0.5, 0.6) is 0 Å². The SMILES string of the molecule is CCC(CC)OC(=O)C(=NOC)c1ccccc1CCl. The van der Waals surface area contributed by atoms with Crippen molar-refractivity contribution >= 4 is 23.3 Å². The van der Waals surface area contributed by atoms with Crippen molar-refractivity contribution in [3.63, 3.8) is 0 Å². The summed E-state index contributed by atoms with van der Waals surface area (Å²) in [4.78, 5) is 17.0. The van der Waals surface area contributed by atoms with Gasteiger partial charge in [-0.25, -0.2) is 4.79 Å². The third kappa shape index (κ3) is 4.23. The smallest absolute Gasteiger partial charge is 0.361 e. The van der Waals surface area contributed by atoms with E-state index in [4.69, 9.17) is 21.2 Å². The van der Waals surface area contributed by atoms with Gasteiger partial charge in [0.1, 0.15) is 13.2 Å². The van der Waals surface area contributed by atoms with Gasteiger partial charge in [-0.1, -0.05) is 43.3 Å². The predicted molar refractivity (Wildman–Crippen MR) is 80.0 cm³/mol. The highest BCUT2D eigenvalue weighted by molar-refractivity contribution is 6.43. The van der Waals surface area contributed by atoms with Crippen LogP contribution in [0.4, 0.5) is 0 Å². The maximum absolute atomic E-state index is 12.3. The lowest BCUT2D eigenvalue weighted by molar-refractivity contribution is -0.141. The number of hydrogen-bond acceptors (Lipinski definition) is 4. The fraction of sp³-hybridized carbons (Fsp3) is 0.467. The van der Waals surface area contributed by atoms with Crippen LogP contribution in [0.15, 0.2) is 29.4 Å². The van der Waals surface area contributed by atoms with E-state index in [1.54, 1.807) is 6.07 Å². The summed E-state index contributed by atoms with van der Waals surface area (Å²) in [5.74, 6) is -0.199. The van der Waals surface area contributed by atoms with Gasteiger partial charge in [-0.3, -0.25) is 0 Å². The van der Waals surface area contributed by atoms with Crippen LogP contribution in [0, 0.1) is 0 Å². The average Bonchev–Trinajstić information content (AvgIpc) is 2.50. The molecule has 1 rings (SSSR count). The van der Waals surface area contributed by atoms with Gasteiger partial charge in [0, 0.05) is 11.4 Å². The van der Waals surface area contributed by atoms with Crippen LogP contribution in [0.25, 0.3) is 0 Å². The lowest BCUT2D eigenvalue weighted by Gasteiger charge is -2.15. The first-order chi connectivity index (χ1) is 9.67. The molecular weight excluding hydrogens is 278 g/mol. The standard InChI is InChI=1S/C15H20ClNO3/c1-4-12(5-2)20-15(18)14(17-19-3)13-9-7-6-8-11(13)10-16/h6-9,12H,4-5,10H2,1-3H3. The van der Waals surface area contributed by atoms with Gasteiger partial charge in [0.15, 0.2) is 5.71 Å². The Kier molecular flexibility index (Phi) is 7.09. The molecule has 0 N–H and O–H groups in total. The zero-order valence-electron chi connectivity index (χ0n) is 12.1. The van der Waals surface area contributed by atoms with Gasteiger partial charge >= 0.3 is 5.97 Å². The van der Waals surface area contributed by atoms with Crippen LogP contribution in [0.2, 0.25) is 0 Å². The lowest BCUT2D eigenvalue weighted by Crippen LogP contribution is -2.25. The van der Waals surface area contributed by atoms with E-state index in [1.807, 2.05) is 32.0 Å². The maximum Gasteiger partial charge on any atom is 0.361 e. The second-order valence-electron chi connectivity index (χ2n) is 4.26. The molecule has 5 heteroatoms. The zero-order chi connectivity index (χ0) is 15.0. The van der Waals surface area contributed by atoms with Gasteiger partial charge in [0.25, 0.3) is 0 Å². The van der Waals surface area contributed by atoms with Crippen molar-refractivity contribution in [2.24, 2.45) is 5.16 Å². The molecule has 0 radical (unpaired) electrons. The summed E-state index contributed by atoms with van der Waals surface area (Å²) in [6.45, 7) is 3.95. The van der Waals surface area contributed by atoms with E-state index in [1.165, 1.54) is 7.11 Å². The highest BCUT2D eigenvalue weighted by Gasteiger charge is 2.22. The van der Waals surface area contributed by atoms with Crippen molar-refractivity contribution in [2.45, 2.75) is 38.7 Å². The molecule has 0 bridgehead atoms. The fourth-order valence-electron chi connectivity index (χ4n) is 1.82. The van der Waals surface area contributed by atoms with E-state index >= 15 is 0 Å². The first kappa shape index (κ1) is 16.5. The Morgan fingerprint density at radius 1 is 1.30 bits per heavy atom. The summed E-state index contributed by atoms with van der Waals surface area (Å²) in [5, 5.41) is 3.81. The van der Waals surface area contributed by atoms with Crippen LogP contribution in [-0.2, 0) is 20.2 Å². The van der Waals surface area contributed by atoms with Crippen LogP contribution in [-0.4, -0.2) is 24.9 Å². The number of carbonyl (C=O) groups is 1. The highest BCUT2D eigenvalue weighted by atomic mass is 35.5. The number of halogens is 1. The van der Waals surface area contributed by atoms with E-state index in [2.05, 4.69) is 5.16 Å². The summed E-state index contributed by atoms with van der Waals surface area (Å²) >= 11 is 5.89. The molecule has 1 aromatic carbocycles. The number of carbonyl (C=O) groups excluding carboxylic acids is 1. The van der Waals surface area contributed by atoms with Gasteiger partial charge < -0.3 is 9.57 Å². The summed E-state index contributed by atoms with van der Waals surface area (Å²) in [5.41, 5.74) is 1.60. The van der Waals surface area contributed by atoms with Crippen molar-refractivity contribution in [3.05, 3.63) is 35.4 Å². The van der Waals surface area contributed by atoms with Crippen LogP contribution in [0.3, 0.4) is 0 Å². The zero-order valence-corrected chi connectivity index (χ0v) is 12.8. The maximum atomic E-state index is 12.3. The van der Waals surface area contributed by atoms with E-state index in [0.29, 0.717) is 5.56 Å². The molecule has 0 atom stereocenters. The van der Waals surface area contributed by atoms with Gasteiger partial charge in [-0.2, -0.15) is 0 Å². The number of benzene rings is 1. The molecule has 0 aromatic heterocycles. The van der Waals surface area contributed by atoms with Gasteiger partial charge in [-0.15, -0.1) is 11.6 Å². The number of hydrogen-bond donors (Lipinski definition) is 0. The van der Waals surface area contributed by atoms with Crippen molar-refractivity contribution in [1.82, 2.24) is 0 Å². The molecule has 0 amide bonds. The van der Waals surface area contributed by atoms with Gasteiger partial charge in [0.2, 0.25) is 0 Å². The fourth-order valence-corrected chi connectivity index (χ4v) is 2.05. The van der Waals surface area contributed by atoms with Crippen LogP contribution < -0.4 is 0 Å². The number of rotatable bonds is 7. The molecule has 0 spiro atoms. The number of nitrogens with zero attached hydrogens (tertiary/aromatic N) is 1. The molecule has 0 aliphatic heterocycles. The molecule has 0 fully saturated rings. The van der Waals surface area contributed by atoms with Crippen LogP contribution in [0.1, 0.15) is 37.8 Å². The Labute approximate surface area is 124 Å². The third-order valence-electron chi connectivity index (χ3n) is 2.98. The molecule has 20 heavy (non-hydrogen) atoms. The quantitative estimate of drug-likeness (QED) is 0.335. The Morgan fingerprint density at radius 3 is 2.50 bits per heavy atom. The summed E-state index contributed by atoms with van der Waals surface area (Å²) in [6, 6.07) is 7.31. The van der Waals surface area contributed by atoms with Crippen molar-refractivity contribution in [1.29, 1.82) is 0 Å². The van der Waals surface area contributed by atoms with E-state index in [9.17, 15) is 4.79 Å². The minimum atomic E-state index is -0.488. The minimum absolute atomic E-state index is 0.118. The summed E-state index contributed by atoms with van der Waals surface area (Å²) in [6.07, 6.45) is 1.41. The molecule has 110 valence electrons. The third-order valence-corrected chi connectivity index (χ3v) is 3.26. The van der Waals surface area contributed by atoms with Crippen molar-refractivity contribution in [2.75, 3.05) is 7.11 Å².